The predicted octanol–water partition coefficient (Wildman–Crippen LogP) is 2.39. The topological polar surface area (TPSA) is 43.4 Å². The van der Waals surface area contributed by atoms with Crippen molar-refractivity contribution in [2.24, 2.45) is 0 Å². The Kier molecular flexibility index (Phi) is 3.74. The molecule has 0 spiro atoms. The smallest absolute Gasteiger partial charge is 0.315 e. The molecule has 0 radical (unpaired) electrons. The Morgan fingerprint density at radius 2 is 2.06 bits per heavy atom. The minimum absolute atomic E-state index is 0.160. The second-order valence-electron chi connectivity index (χ2n) is 3.77. The van der Waals surface area contributed by atoms with Gasteiger partial charge in [-0.1, -0.05) is 46.3 Å². The Morgan fingerprint density at radius 3 is 2.65 bits per heavy atom. The molecule has 2 rings (SSSR count). The molecule has 1 heterocycles. The first-order chi connectivity index (χ1) is 8.16. The number of hydrogen-bond acceptors (Lipinski definition) is 3. The fraction of sp³-hybridized carbons (Fsp3) is 0.231. The molecule has 0 saturated heterocycles. The summed E-state index contributed by atoms with van der Waals surface area (Å²) in [6, 6.07) is 9.69. The van der Waals surface area contributed by atoms with Crippen LogP contribution in [-0.4, -0.2) is 16.6 Å². The van der Waals surface area contributed by atoms with Gasteiger partial charge in [-0.05, 0) is 18.1 Å². The number of rotatable bonds is 4. The standard InChI is InChI=1S/C13H11BrO3/c14-10(8-9-4-2-1-3-5-9)13(16)11-6-7-12(15)17-11/h1-6,10H,7-8H2. The number of Topliss-reactive ketones (excluding diaryl/α,β-unsaturated/α-hetero) is 1. The van der Waals surface area contributed by atoms with Crippen LogP contribution >= 0.6 is 15.9 Å². The van der Waals surface area contributed by atoms with Gasteiger partial charge in [0.1, 0.15) is 0 Å². The van der Waals surface area contributed by atoms with E-state index >= 15 is 0 Å². The normalized spacial score (nSPS) is 16.3. The summed E-state index contributed by atoms with van der Waals surface area (Å²) in [5.74, 6) is -0.389. The first-order valence-corrected chi connectivity index (χ1v) is 6.21. The molecule has 1 aliphatic rings. The van der Waals surface area contributed by atoms with E-state index in [4.69, 9.17) is 4.74 Å². The Bertz CT molecular complexity index is 465. The molecule has 0 fully saturated rings. The molecule has 0 N–H and O–H groups in total. The van der Waals surface area contributed by atoms with Crippen molar-refractivity contribution in [3.05, 3.63) is 47.7 Å². The molecule has 1 aromatic carbocycles. The van der Waals surface area contributed by atoms with Gasteiger partial charge in [0.05, 0.1) is 11.2 Å². The summed E-state index contributed by atoms with van der Waals surface area (Å²) in [7, 11) is 0. The maximum Gasteiger partial charge on any atom is 0.315 e. The lowest BCUT2D eigenvalue weighted by Crippen LogP contribution is -2.19. The van der Waals surface area contributed by atoms with Crippen molar-refractivity contribution < 1.29 is 14.3 Å². The van der Waals surface area contributed by atoms with Crippen LogP contribution in [-0.2, 0) is 20.7 Å². The fourth-order valence-corrected chi connectivity index (χ4v) is 2.20. The summed E-state index contributed by atoms with van der Waals surface area (Å²) in [5.41, 5.74) is 1.06. The summed E-state index contributed by atoms with van der Waals surface area (Å²) in [5, 5.41) is 0. The van der Waals surface area contributed by atoms with Gasteiger partial charge < -0.3 is 4.74 Å². The van der Waals surface area contributed by atoms with Crippen molar-refractivity contribution >= 4 is 27.7 Å². The number of esters is 1. The highest BCUT2D eigenvalue weighted by Crippen LogP contribution is 2.19. The summed E-state index contributed by atoms with van der Waals surface area (Å²) in [6.45, 7) is 0. The Balaban J connectivity index is 1.99. The van der Waals surface area contributed by atoms with Crippen LogP contribution in [0.5, 0.6) is 0 Å². The molecular formula is C13H11BrO3. The lowest BCUT2D eigenvalue weighted by atomic mass is 10.1. The number of cyclic esters (lactones) is 1. The SMILES string of the molecule is O=C1CC=C(C(=O)C(Br)Cc2ccccc2)O1. The highest BCUT2D eigenvalue weighted by Gasteiger charge is 2.26. The Labute approximate surface area is 108 Å². The van der Waals surface area contributed by atoms with E-state index in [1.807, 2.05) is 30.3 Å². The van der Waals surface area contributed by atoms with Crippen molar-refractivity contribution in [1.82, 2.24) is 0 Å². The van der Waals surface area contributed by atoms with Gasteiger partial charge in [-0.3, -0.25) is 9.59 Å². The fourth-order valence-electron chi connectivity index (χ4n) is 1.60. The van der Waals surface area contributed by atoms with E-state index in [2.05, 4.69) is 15.9 Å². The van der Waals surface area contributed by atoms with Crippen LogP contribution in [0.3, 0.4) is 0 Å². The highest BCUT2D eigenvalue weighted by molar-refractivity contribution is 9.10. The number of carbonyl (C=O) groups excluding carboxylic acids is 2. The zero-order valence-electron chi connectivity index (χ0n) is 9.06. The average molecular weight is 295 g/mol. The van der Waals surface area contributed by atoms with E-state index in [0.717, 1.165) is 5.56 Å². The predicted molar refractivity (Wildman–Crippen MR) is 66.7 cm³/mol. The van der Waals surface area contributed by atoms with Crippen molar-refractivity contribution in [3.63, 3.8) is 0 Å². The summed E-state index contributed by atoms with van der Waals surface area (Å²) >= 11 is 3.33. The van der Waals surface area contributed by atoms with Gasteiger partial charge >= 0.3 is 5.97 Å². The molecule has 0 saturated carbocycles. The first-order valence-electron chi connectivity index (χ1n) is 5.30. The highest BCUT2D eigenvalue weighted by atomic mass is 79.9. The maximum atomic E-state index is 11.9. The lowest BCUT2D eigenvalue weighted by molar-refractivity contribution is -0.139. The van der Waals surface area contributed by atoms with Gasteiger partial charge in [-0.2, -0.15) is 0 Å². The van der Waals surface area contributed by atoms with Gasteiger partial charge in [-0.15, -0.1) is 0 Å². The Hall–Kier alpha value is -1.42. The second kappa shape index (κ2) is 5.27. The molecule has 1 aromatic rings. The summed E-state index contributed by atoms with van der Waals surface area (Å²) in [4.78, 5) is 22.4. The molecule has 1 aliphatic heterocycles. The van der Waals surface area contributed by atoms with Gasteiger partial charge in [0.15, 0.2) is 5.76 Å². The number of hydrogen-bond donors (Lipinski definition) is 0. The molecule has 4 heteroatoms. The van der Waals surface area contributed by atoms with E-state index in [9.17, 15) is 9.59 Å². The zero-order chi connectivity index (χ0) is 12.3. The van der Waals surface area contributed by atoms with Crippen LogP contribution in [0.1, 0.15) is 12.0 Å². The molecule has 88 valence electrons. The third kappa shape index (κ3) is 3.03. The average Bonchev–Trinajstić information content (AvgIpc) is 2.76. The number of alkyl halides is 1. The third-order valence-corrected chi connectivity index (χ3v) is 3.20. The molecule has 17 heavy (non-hydrogen) atoms. The molecule has 0 amide bonds. The summed E-state index contributed by atoms with van der Waals surface area (Å²) < 4.78 is 4.82. The van der Waals surface area contributed by atoms with E-state index in [1.165, 1.54) is 6.08 Å². The van der Waals surface area contributed by atoms with Crippen molar-refractivity contribution in [2.75, 3.05) is 0 Å². The van der Waals surface area contributed by atoms with Gasteiger partial charge in [0.2, 0.25) is 5.78 Å². The van der Waals surface area contributed by atoms with Crippen LogP contribution in [0.25, 0.3) is 0 Å². The quantitative estimate of drug-likeness (QED) is 0.633. The number of ether oxygens (including phenoxy) is 1. The number of benzene rings is 1. The van der Waals surface area contributed by atoms with E-state index in [0.29, 0.717) is 6.42 Å². The minimum atomic E-state index is -0.368. The maximum absolute atomic E-state index is 11.9. The molecule has 1 unspecified atom stereocenters. The zero-order valence-corrected chi connectivity index (χ0v) is 10.6. The second-order valence-corrected chi connectivity index (χ2v) is 4.87. The van der Waals surface area contributed by atoms with Crippen molar-refractivity contribution in [3.8, 4) is 0 Å². The first kappa shape index (κ1) is 12.0. The van der Waals surface area contributed by atoms with E-state index in [1.54, 1.807) is 0 Å². The van der Waals surface area contributed by atoms with Crippen LogP contribution in [0.2, 0.25) is 0 Å². The summed E-state index contributed by atoms with van der Waals surface area (Å²) in [6.07, 6.45) is 2.30. The third-order valence-electron chi connectivity index (χ3n) is 2.46. The van der Waals surface area contributed by atoms with E-state index < -0.39 is 0 Å². The molecule has 0 bridgehead atoms. The lowest BCUT2D eigenvalue weighted by Gasteiger charge is -2.08. The number of carbonyl (C=O) groups is 2. The molecule has 0 aliphatic carbocycles. The molecular weight excluding hydrogens is 284 g/mol. The Morgan fingerprint density at radius 1 is 1.35 bits per heavy atom. The van der Waals surface area contributed by atoms with Gasteiger partial charge in [-0.25, -0.2) is 0 Å². The minimum Gasteiger partial charge on any atom is -0.423 e. The van der Waals surface area contributed by atoms with E-state index in [-0.39, 0.29) is 28.8 Å². The van der Waals surface area contributed by atoms with Crippen LogP contribution < -0.4 is 0 Å². The molecule has 0 aromatic heterocycles. The molecule has 1 atom stereocenters. The van der Waals surface area contributed by atoms with Gasteiger partial charge in [0, 0.05) is 0 Å². The van der Waals surface area contributed by atoms with Crippen LogP contribution in [0, 0.1) is 0 Å². The molecule has 3 nitrogen and oxygen atoms in total. The van der Waals surface area contributed by atoms with Crippen LogP contribution in [0.4, 0.5) is 0 Å². The van der Waals surface area contributed by atoms with Crippen molar-refractivity contribution in [2.45, 2.75) is 17.7 Å². The number of allylic oxidation sites excluding steroid dienone is 1. The van der Waals surface area contributed by atoms with Gasteiger partial charge in [0.25, 0.3) is 0 Å². The monoisotopic (exact) mass is 294 g/mol. The number of ketones is 1. The largest absolute Gasteiger partial charge is 0.423 e. The number of halogens is 1. The van der Waals surface area contributed by atoms with Crippen molar-refractivity contribution in [1.29, 1.82) is 0 Å². The van der Waals surface area contributed by atoms with Crippen LogP contribution in [0.15, 0.2) is 42.2 Å².